The topological polar surface area (TPSA) is 72.8 Å². The summed E-state index contributed by atoms with van der Waals surface area (Å²) in [7, 11) is 1.52. The van der Waals surface area contributed by atoms with Crippen LogP contribution in [0.15, 0.2) is 56.3 Å². The van der Waals surface area contributed by atoms with Gasteiger partial charge in [0.1, 0.15) is 16.9 Å². The number of benzene rings is 2. The molecule has 5 heteroatoms. The maximum atomic E-state index is 12.6. The Morgan fingerprint density at radius 3 is 2.71 bits per heavy atom. The van der Waals surface area contributed by atoms with Gasteiger partial charge in [0.05, 0.1) is 29.7 Å². The Balaban J connectivity index is 2.17. The first-order valence-corrected chi connectivity index (χ1v) is 7.41. The summed E-state index contributed by atoms with van der Waals surface area (Å²) < 4.78 is 16.7. The van der Waals surface area contributed by atoms with Gasteiger partial charge in [0, 0.05) is 0 Å². The molecule has 2 aromatic heterocycles. The molecule has 0 spiro atoms. The average Bonchev–Trinajstić information content (AvgIpc) is 2.99. The van der Waals surface area contributed by atoms with Crippen LogP contribution in [0.4, 0.5) is 0 Å². The summed E-state index contributed by atoms with van der Waals surface area (Å²) in [5, 5.41) is 11.4. The summed E-state index contributed by atoms with van der Waals surface area (Å²) in [6.45, 7) is 1.88. The Labute approximate surface area is 136 Å². The van der Waals surface area contributed by atoms with E-state index in [1.54, 1.807) is 42.7 Å². The van der Waals surface area contributed by atoms with Crippen LogP contribution in [-0.4, -0.2) is 12.2 Å². The molecule has 2 aromatic carbocycles. The lowest BCUT2D eigenvalue weighted by Gasteiger charge is -2.10. The molecule has 5 nitrogen and oxygen atoms in total. The Kier molecular flexibility index (Phi) is 3.09. The predicted octanol–water partition coefficient (Wildman–Crippen LogP) is 4.23. The van der Waals surface area contributed by atoms with E-state index in [4.69, 9.17) is 13.6 Å². The second kappa shape index (κ2) is 5.16. The van der Waals surface area contributed by atoms with E-state index < -0.39 is 11.2 Å². The maximum absolute atomic E-state index is 12.6. The summed E-state index contributed by atoms with van der Waals surface area (Å²) in [6, 6.07) is 10.3. The van der Waals surface area contributed by atoms with E-state index in [9.17, 15) is 9.90 Å². The largest absolute Gasteiger partial charge is 0.502 e. The van der Waals surface area contributed by atoms with Crippen LogP contribution in [0.25, 0.3) is 33.3 Å². The number of rotatable bonds is 2. The van der Waals surface area contributed by atoms with Gasteiger partial charge in [-0.1, -0.05) is 12.1 Å². The quantitative estimate of drug-likeness (QED) is 0.598. The Morgan fingerprint density at radius 1 is 1.12 bits per heavy atom. The van der Waals surface area contributed by atoms with Gasteiger partial charge in [-0.05, 0) is 36.8 Å². The van der Waals surface area contributed by atoms with Crippen molar-refractivity contribution in [3.63, 3.8) is 0 Å². The predicted molar refractivity (Wildman–Crippen MR) is 90.6 cm³/mol. The number of hydrogen-bond acceptors (Lipinski definition) is 5. The monoisotopic (exact) mass is 322 g/mol. The number of aromatic hydroxyl groups is 1. The molecular weight excluding hydrogens is 308 g/mol. The third-order valence-corrected chi connectivity index (χ3v) is 4.11. The van der Waals surface area contributed by atoms with Gasteiger partial charge in [-0.2, -0.15) is 0 Å². The van der Waals surface area contributed by atoms with Crippen molar-refractivity contribution in [3.8, 4) is 22.8 Å². The fraction of sp³-hybridized carbons (Fsp3) is 0.105. The molecule has 0 atom stereocenters. The molecule has 1 N–H and O–H groups in total. The van der Waals surface area contributed by atoms with Gasteiger partial charge in [-0.3, -0.25) is 4.79 Å². The number of hydrogen-bond donors (Lipinski definition) is 1. The molecule has 0 amide bonds. The standard InChI is InChI=1S/C19H14O5/c1-10-9-23-14-8-7-12-16(20)17(21)19(24-18(12)15(10)14)11-5-3-4-6-13(11)22-2/h3-9,21H,1-2H3. The van der Waals surface area contributed by atoms with Gasteiger partial charge in [-0.15, -0.1) is 0 Å². The van der Waals surface area contributed by atoms with Crippen LogP contribution in [0.2, 0.25) is 0 Å². The maximum Gasteiger partial charge on any atom is 0.235 e. The van der Waals surface area contributed by atoms with Crippen molar-refractivity contribution in [1.82, 2.24) is 0 Å². The van der Waals surface area contributed by atoms with Crippen LogP contribution in [-0.2, 0) is 0 Å². The van der Waals surface area contributed by atoms with Crippen LogP contribution >= 0.6 is 0 Å². The van der Waals surface area contributed by atoms with Crippen LogP contribution in [0.3, 0.4) is 0 Å². The molecular formula is C19H14O5. The highest BCUT2D eigenvalue weighted by atomic mass is 16.5. The Hall–Kier alpha value is -3.21. The van der Waals surface area contributed by atoms with Crippen molar-refractivity contribution >= 4 is 21.9 Å². The van der Waals surface area contributed by atoms with E-state index in [2.05, 4.69) is 0 Å². The van der Waals surface area contributed by atoms with E-state index in [0.29, 0.717) is 27.9 Å². The molecule has 4 rings (SSSR count). The minimum Gasteiger partial charge on any atom is -0.502 e. The van der Waals surface area contributed by atoms with Crippen molar-refractivity contribution in [2.24, 2.45) is 0 Å². The number of ether oxygens (including phenoxy) is 1. The van der Waals surface area contributed by atoms with Gasteiger partial charge in [0.2, 0.25) is 11.2 Å². The van der Waals surface area contributed by atoms with E-state index in [1.165, 1.54) is 7.11 Å². The molecule has 0 radical (unpaired) electrons. The van der Waals surface area contributed by atoms with Gasteiger partial charge in [-0.25, -0.2) is 0 Å². The lowest BCUT2D eigenvalue weighted by Crippen LogP contribution is -2.03. The number of fused-ring (bicyclic) bond motifs is 3. The third kappa shape index (κ3) is 1.91. The molecule has 4 aromatic rings. The van der Waals surface area contributed by atoms with Gasteiger partial charge in [0.15, 0.2) is 5.76 Å². The van der Waals surface area contributed by atoms with Crippen molar-refractivity contribution in [3.05, 3.63) is 58.4 Å². The first-order valence-electron chi connectivity index (χ1n) is 7.41. The molecule has 0 unspecified atom stereocenters. The smallest absolute Gasteiger partial charge is 0.235 e. The van der Waals surface area contributed by atoms with E-state index in [1.807, 2.05) is 6.92 Å². The normalized spacial score (nSPS) is 11.2. The van der Waals surface area contributed by atoms with Crippen LogP contribution in [0.1, 0.15) is 5.56 Å². The van der Waals surface area contributed by atoms with Crippen molar-refractivity contribution in [2.45, 2.75) is 6.92 Å². The van der Waals surface area contributed by atoms with Crippen molar-refractivity contribution in [1.29, 1.82) is 0 Å². The average molecular weight is 322 g/mol. The molecule has 0 saturated heterocycles. The molecule has 120 valence electrons. The number of furan rings is 1. The molecule has 0 aliphatic rings. The fourth-order valence-electron chi connectivity index (χ4n) is 2.93. The zero-order valence-corrected chi connectivity index (χ0v) is 13.1. The summed E-state index contributed by atoms with van der Waals surface area (Å²) in [4.78, 5) is 12.6. The minimum absolute atomic E-state index is 0.0815. The second-order valence-electron chi connectivity index (χ2n) is 5.54. The van der Waals surface area contributed by atoms with E-state index in [-0.39, 0.29) is 5.76 Å². The second-order valence-corrected chi connectivity index (χ2v) is 5.54. The van der Waals surface area contributed by atoms with Crippen LogP contribution < -0.4 is 10.2 Å². The number of aryl methyl sites for hydroxylation is 1. The lowest BCUT2D eigenvalue weighted by atomic mass is 10.1. The summed E-state index contributed by atoms with van der Waals surface area (Å²) in [5.41, 5.74) is 1.90. The Morgan fingerprint density at radius 2 is 1.92 bits per heavy atom. The van der Waals surface area contributed by atoms with Crippen molar-refractivity contribution < 1.29 is 18.7 Å². The molecule has 2 heterocycles. The molecule has 0 saturated carbocycles. The van der Waals surface area contributed by atoms with Gasteiger partial charge < -0.3 is 18.7 Å². The highest BCUT2D eigenvalue weighted by molar-refractivity contribution is 6.04. The fourth-order valence-corrected chi connectivity index (χ4v) is 2.93. The Bertz CT molecular complexity index is 1130. The first-order chi connectivity index (χ1) is 11.6. The number of para-hydroxylation sites is 1. The summed E-state index contributed by atoms with van der Waals surface area (Å²) >= 11 is 0. The number of methoxy groups -OCH3 is 1. The van der Waals surface area contributed by atoms with Crippen LogP contribution in [0.5, 0.6) is 11.5 Å². The molecule has 24 heavy (non-hydrogen) atoms. The zero-order valence-electron chi connectivity index (χ0n) is 13.1. The van der Waals surface area contributed by atoms with Gasteiger partial charge >= 0.3 is 0 Å². The first kappa shape index (κ1) is 14.4. The van der Waals surface area contributed by atoms with Gasteiger partial charge in [0.25, 0.3) is 0 Å². The molecule has 0 aliphatic heterocycles. The SMILES string of the molecule is COc1ccccc1-c1oc2c(ccc3occ(C)c32)c(=O)c1O. The highest BCUT2D eigenvalue weighted by Gasteiger charge is 2.20. The van der Waals surface area contributed by atoms with Crippen LogP contribution in [0, 0.1) is 6.92 Å². The summed E-state index contributed by atoms with van der Waals surface area (Å²) in [5.74, 6) is 0.150. The zero-order chi connectivity index (χ0) is 16.8. The van der Waals surface area contributed by atoms with Crippen molar-refractivity contribution in [2.75, 3.05) is 7.11 Å². The third-order valence-electron chi connectivity index (χ3n) is 4.11. The lowest BCUT2D eigenvalue weighted by molar-refractivity contribution is 0.411. The minimum atomic E-state index is -0.486. The van der Waals surface area contributed by atoms with E-state index >= 15 is 0 Å². The molecule has 0 fully saturated rings. The van der Waals surface area contributed by atoms with E-state index in [0.717, 1.165) is 10.9 Å². The highest BCUT2D eigenvalue weighted by Crippen LogP contribution is 2.38. The molecule has 0 aliphatic carbocycles. The summed E-state index contributed by atoms with van der Waals surface area (Å²) in [6.07, 6.45) is 1.61. The molecule has 0 bridgehead atoms.